The Morgan fingerprint density at radius 3 is 2.73 bits per heavy atom. The Morgan fingerprint density at radius 1 is 1.17 bits per heavy atom. The van der Waals surface area contributed by atoms with Gasteiger partial charge in [-0.05, 0) is 49.4 Å². The van der Waals surface area contributed by atoms with Crippen molar-refractivity contribution in [2.24, 2.45) is 0 Å². The van der Waals surface area contributed by atoms with Gasteiger partial charge in [-0.3, -0.25) is 10.1 Å². The molecule has 2 aromatic heterocycles. The van der Waals surface area contributed by atoms with Crippen LogP contribution in [0.5, 0.6) is 5.75 Å². The minimum absolute atomic E-state index is 0.336. The number of carbonyl (C=O) groups is 2. The van der Waals surface area contributed by atoms with Crippen molar-refractivity contribution in [3.8, 4) is 17.0 Å². The molecule has 9 heteroatoms. The monoisotopic (exact) mass is 422 g/mol. The number of amides is 1. The molecule has 0 bridgehead atoms. The molecule has 30 heavy (non-hydrogen) atoms. The summed E-state index contributed by atoms with van der Waals surface area (Å²) in [6.45, 7) is 1.51. The number of hydrogen-bond donors (Lipinski definition) is 2. The third-order valence-corrected chi connectivity index (χ3v) is 5.19. The molecular weight excluding hydrogens is 404 g/mol. The molecule has 1 amide bonds. The Hall–Kier alpha value is -3.72. The van der Waals surface area contributed by atoms with E-state index in [1.165, 1.54) is 18.3 Å². The number of anilines is 1. The van der Waals surface area contributed by atoms with Crippen LogP contribution in [-0.4, -0.2) is 40.0 Å². The van der Waals surface area contributed by atoms with Crippen molar-refractivity contribution < 1.29 is 19.1 Å². The molecule has 8 nitrogen and oxygen atoms in total. The van der Waals surface area contributed by atoms with Gasteiger partial charge >= 0.3 is 5.97 Å². The van der Waals surface area contributed by atoms with Gasteiger partial charge in [0, 0.05) is 10.9 Å². The normalized spacial score (nSPS) is 11.8. The number of aromatic amines is 1. The molecule has 0 spiro atoms. The molecule has 0 fully saturated rings. The number of hydrogen-bond acceptors (Lipinski definition) is 7. The molecule has 4 aromatic rings. The summed E-state index contributed by atoms with van der Waals surface area (Å²) >= 11 is 1.29. The molecule has 0 aliphatic carbocycles. The van der Waals surface area contributed by atoms with E-state index in [0.717, 1.165) is 28.0 Å². The third kappa shape index (κ3) is 4.15. The first-order valence-electron chi connectivity index (χ1n) is 9.08. The van der Waals surface area contributed by atoms with Crippen LogP contribution in [0.15, 0.2) is 54.2 Å². The van der Waals surface area contributed by atoms with Crippen molar-refractivity contribution >= 4 is 39.4 Å². The second kappa shape index (κ2) is 8.34. The van der Waals surface area contributed by atoms with Crippen LogP contribution in [0.1, 0.15) is 17.3 Å². The van der Waals surface area contributed by atoms with Crippen LogP contribution in [0.25, 0.3) is 22.3 Å². The molecule has 152 valence electrons. The molecule has 0 saturated carbocycles. The van der Waals surface area contributed by atoms with Gasteiger partial charge < -0.3 is 14.5 Å². The van der Waals surface area contributed by atoms with Crippen LogP contribution in [0, 0.1) is 0 Å². The predicted molar refractivity (Wildman–Crippen MR) is 114 cm³/mol. The number of fused-ring (bicyclic) bond motifs is 1. The number of esters is 1. The molecule has 0 saturated heterocycles. The van der Waals surface area contributed by atoms with E-state index in [1.807, 2.05) is 29.6 Å². The molecule has 0 aliphatic heterocycles. The summed E-state index contributed by atoms with van der Waals surface area (Å²) in [7, 11) is 1.61. The topological polar surface area (TPSA) is 106 Å². The number of nitrogens with one attached hydrogen (secondary N) is 2. The fraction of sp³-hybridized carbons (Fsp3) is 0.143. The minimum Gasteiger partial charge on any atom is -0.497 e. The Morgan fingerprint density at radius 2 is 1.97 bits per heavy atom. The number of carbonyl (C=O) groups excluding carboxylic acids is 2. The highest BCUT2D eigenvalue weighted by molar-refractivity contribution is 7.14. The van der Waals surface area contributed by atoms with Crippen molar-refractivity contribution in [2.45, 2.75) is 13.0 Å². The zero-order valence-corrected chi connectivity index (χ0v) is 17.0. The molecule has 0 radical (unpaired) electrons. The Labute approximate surface area is 175 Å². The van der Waals surface area contributed by atoms with E-state index in [2.05, 4.69) is 20.3 Å². The standard InChI is InChI=1S/C21H18N4O4S/c1-12(29-20(27)14-5-8-16-17(9-14)23-11-22-16)19(26)25-21-24-18(10-30-21)13-3-6-15(28-2)7-4-13/h3-12H,1-2H3,(H,22,23)(H,24,25,26). The van der Waals surface area contributed by atoms with Gasteiger partial charge in [-0.25, -0.2) is 14.8 Å². The van der Waals surface area contributed by atoms with E-state index in [9.17, 15) is 9.59 Å². The van der Waals surface area contributed by atoms with E-state index in [4.69, 9.17) is 9.47 Å². The molecule has 1 unspecified atom stereocenters. The van der Waals surface area contributed by atoms with Gasteiger partial charge in [0.05, 0.1) is 35.7 Å². The second-order valence-corrected chi connectivity index (χ2v) is 7.30. The summed E-state index contributed by atoms with van der Waals surface area (Å²) in [5.41, 5.74) is 3.43. The number of nitrogens with zero attached hydrogens (tertiary/aromatic N) is 2. The fourth-order valence-corrected chi connectivity index (χ4v) is 3.50. The predicted octanol–water partition coefficient (Wildman–Crippen LogP) is 3.88. The molecule has 1 atom stereocenters. The van der Waals surface area contributed by atoms with E-state index < -0.39 is 18.0 Å². The van der Waals surface area contributed by atoms with Crippen molar-refractivity contribution in [1.82, 2.24) is 15.0 Å². The molecule has 2 N–H and O–H groups in total. The van der Waals surface area contributed by atoms with Crippen molar-refractivity contribution in [2.75, 3.05) is 12.4 Å². The summed E-state index contributed by atoms with van der Waals surface area (Å²) < 4.78 is 10.4. The van der Waals surface area contributed by atoms with Gasteiger partial charge in [0.2, 0.25) is 0 Å². The van der Waals surface area contributed by atoms with E-state index in [1.54, 1.807) is 31.6 Å². The average Bonchev–Trinajstić information content (AvgIpc) is 3.42. The molecule has 2 aromatic carbocycles. The van der Waals surface area contributed by atoms with E-state index in [0.29, 0.717) is 10.7 Å². The van der Waals surface area contributed by atoms with Gasteiger partial charge in [-0.2, -0.15) is 0 Å². The van der Waals surface area contributed by atoms with Gasteiger partial charge in [-0.1, -0.05) is 0 Å². The fourth-order valence-electron chi connectivity index (χ4n) is 2.78. The molecular formula is C21H18N4O4S. The summed E-state index contributed by atoms with van der Waals surface area (Å²) in [4.78, 5) is 36.2. The number of H-pyrrole nitrogens is 1. The first-order valence-corrected chi connectivity index (χ1v) is 9.96. The number of ether oxygens (including phenoxy) is 2. The number of aromatic nitrogens is 3. The van der Waals surface area contributed by atoms with E-state index in [-0.39, 0.29) is 0 Å². The quantitative estimate of drug-likeness (QED) is 0.457. The zero-order valence-electron chi connectivity index (χ0n) is 16.2. The van der Waals surface area contributed by atoms with E-state index >= 15 is 0 Å². The van der Waals surface area contributed by atoms with Crippen LogP contribution >= 0.6 is 11.3 Å². The Balaban J connectivity index is 1.38. The maximum Gasteiger partial charge on any atom is 0.338 e. The first kappa shape index (κ1) is 19.6. The Bertz CT molecular complexity index is 1200. The number of benzene rings is 2. The lowest BCUT2D eigenvalue weighted by Gasteiger charge is -2.12. The van der Waals surface area contributed by atoms with Gasteiger partial charge in [-0.15, -0.1) is 11.3 Å². The highest BCUT2D eigenvalue weighted by atomic mass is 32.1. The van der Waals surface area contributed by atoms with Crippen LogP contribution in [0.2, 0.25) is 0 Å². The highest BCUT2D eigenvalue weighted by Gasteiger charge is 2.20. The molecule has 4 rings (SSSR count). The van der Waals surface area contributed by atoms with Crippen LogP contribution in [0.4, 0.5) is 5.13 Å². The zero-order chi connectivity index (χ0) is 21.1. The number of thiazole rings is 1. The SMILES string of the molecule is COc1ccc(-c2csc(NC(=O)C(C)OC(=O)c3ccc4nc[nH]c4c3)n2)cc1. The van der Waals surface area contributed by atoms with Crippen LogP contribution in [-0.2, 0) is 9.53 Å². The third-order valence-electron chi connectivity index (χ3n) is 4.43. The summed E-state index contributed by atoms with van der Waals surface area (Å²) in [6, 6.07) is 12.4. The van der Waals surface area contributed by atoms with Gasteiger partial charge in [0.25, 0.3) is 5.91 Å². The van der Waals surface area contributed by atoms with Crippen LogP contribution in [0.3, 0.4) is 0 Å². The average molecular weight is 422 g/mol. The number of rotatable bonds is 6. The lowest BCUT2D eigenvalue weighted by molar-refractivity contribution is -0.123. The maximum absolute atomic E-state index is 12.4. The number of methoxy groups -OCH3 is 1. The maximum atomic E-state index is 12.4. The first-order chi connectivity index (χ1) is 14.5. The molecule has 2 heterocycles. The summed E-state index contributed by atoms with van der Waals surface area (Å²) in [5, 5.41) is 4.95. The lowest BCUT2D eigenvalue weighted by Crippen LogP contribution is -2.29. The van der Waals surface area contributed by atoms with Gasteiger partial charge in [0.15, 0.2) is 11.2 Å². The minimum atomic E-state index is -0.983. The lowest BCUT2D eigenvalue weighted by atomic mass is 10.2. The van der Waals surface area contributed by atoms with Crippen molar-refractivity contribution in [3.63, 3.8) is 0 Å². The van der Waals surface area contributed by atoms with Gasteiger partial charge in [0.1, 0.15) is 5.75 Å². The summed E-state index contributed by atoms with van der Waals surface area (Å²) in [6.07, 6.45) is 0.563. The van der Waals surface area contributed by atoms with Crippen molar-refractivity contribution in [3.05, 3.63) is 59.7 Å². The largest absolute Gasteiger partial charge is 0.497 e. The smallest absolute Gasteiger partial charge is 0.338 e. The second-order valence-electron chi connectivity index (χ2n) is 6.44. The Kier molecular flexibility index (Phi) is 5.44. The van der Waals surface area contributed by atoms with Crippen LogP contribution < -0.4 is 10.1 Å². The number of imidazole rings is 1. The highest BCUT2D eigenvalue weighted by Crippen LogP contribution is 2.26. The molecule has 0 aliphatic rings. The van der Waals surface area contributed by atoms with Crippen molar-refractivity contribution in [1.29, 1.82) is 0 Å². The summed E-state index contributed by atoms with van der Waals surface area (Å²) in [5.74, 6) is -0.293.